The summed E-state index contributed by atoms with van der Waals surface area (Å²) in [5.74, 6) is -0.803. The second-order valence-corrected chi connectivity index (χ2v) is 5.84. The second kappa shape index (κ2) is 6.93. The van der Waals surface area contributed by atoms with Crippen LogP contribution in [0.4, 0.5) is 0 Å². The number of likely N-dealkylation sites (tertiary alicyclic amines) is 1. The van der Waals surface area contributed by atoms with Crippen LogP contribution in [0.15, 0.2) is 22.7 Å². The first-order chi connectivity index (χ1) is 10.0. The van der Waals surface area contributed by atoms with Gasteiger partial charge in [-0.1, -0.05) is 15.9 Å². The van der Waals surface area contributed by atoms with E-state index >= 15 is 0 Å². The number of hydrogen-bond acceptors (Lipinski definition) is 4. The molecule has 1 saturated heterocycles. The van der Waals surface area contributed by atoms with E-state index in [9.17, 15) is 14.7 Å². The normalized spacial score (nSPS) is 18.4. The summed E-state index contributed by atoms with van der Waals surface area (Å²) in [7, 11) is 0. The largest absolute Gasteiger partial charge is 0.507 e. The molecule has 1 heterocycles. The van der Waals surface area contributed by atoms with Gasteiger partial charge in [-0.05, 0) is 44.4 Å². The van der Waals surface area contributed by atoms with Crippen LogP contribution in [0.2, 0.25) is 0 Å². The van der Waals surface area contributed by atoms with Crippen LogP contribution in [0.5, 0.6) is 5.75 Å². The van der Waals surface area contributed by atoms with Crippen LogP contribution in [0.1, 0.15) is 36.5 Å². The summed E-state index contributed by atoms with van der Waals surface area (Å²) in [5.41, 5.74) is 0.195. The van der Waals surface area contributed by atoms with Gasteiger partial charge in [0.1, 0.15) is 11.8 Å². The predicted octanol–water partition coefficient (Wildman–Crippen LogP) is 2.71. The summed E-state index contributed by atoms with van der Waals surface area (Å²) in [4.78, 5) is 26.1. The third-order valence-corrected chi connectivity index (χ3v) is 4.00. The average Bonchev–Trinajstić information content (AvgIpc) is 2.49. The highest BCUT2D eigenvalue weighted by atomic mass is 79.9. The van der Waals surface area contributed by atoms with Gasteiger partial charge in [-0.3, -0.25) is 4.79 Å². The van der Waals surface area contributed by atoms with Crippen molar-refractivity contribution in [2.24, 2.45) is 0 Å². The number of benzene rings is 1. The van der Waals surface area contributed by atoms with Crippen LogP contribution in [0.25, 0.3) is 0 Å². The van der Waals surface area contributed by atoms with Gasteiger partial charge in [0.2, 0.25) is 0 Å². The fourth-order valence-corrected chi connectivity index (χ4v) is 2.85. The number of rotatable bonds is 3. The van der Waals surface area contributed by atoms with Gasteiger partial charge in [0.25, 0.3) is 5.91 Å². The zero-order valence-corrected chi connectivity index (χ0v) is 13.4. The molecular formula is C15H18BrNO4. The third kappa shape index (κ3) is 3.56. The molecule has 6 heteroatoms. The molecule has 1 aliphatic rings. The maximum atomic E-state index is 12.6. The van der Waals surface area contributed by atoms with Gasteiger partial charge in [-0.25, -0.2) is 4.79 Å². The van der Waals surface area contributed by atoms with Gasteiger partial charge in [-0.15, -0.1) is 0 Å². The monoisotopic (exact) mass is 355 g/mol. The molecule has 1 unspecified atom stereocenters. The first-order valence-electron chi connectivity index (χ1n) is 7.00. The summed E-state index contributed by atoms with van der Waals surface area (Å²) < 4.78 is 5.75. The van der Waals surface area contributed by atoms with E-state index in [2.05, 4.69) is 15.9 Å². The highest BCUT2D eigenvalue weighted by Crippen LogP contribution is 2.27. The highest BCUT2D eigenvalue weighted by molar-refractivity contribution is 9.10. The molecule has 1 N–H and O–H groups in total. The number of halogens is 1. The highest BCUT2D eigenvalue weighted by Gasteiger charge is 2.34. The number of piperidine rings is 1. The SMILES string of the molecule is CCOC(=O)C1CCCCN1C(=O)c1cc(Br)ccc1O. The van der Waals surface area contributed by atoms with Crippen LogP contribution in [-0.2, 0) is 9.53 Å². The van der Waals surface area contributed by atoms with Crippen molar-refractivity contribution in [2.45, 2.75) is 32.2 Å². The summed E-state index contributed by atoms with van der Waals surface area (Å²) in [6.07, 6.45) is 2.33. The Kier molecular flexibility index (Phi) is 5.22. The quantitative estimate of drug-likeness (QED) is 0.846. The lowest BCUT2D eigenvalue weighted by molar-refractivity contribution is -0.149. The summed E-state index contributed by atoms with van der Waals surface area (Å²) in [5, 5.41) is 9.88. The van der Waals surface area contributed by atoms with E-state index in [1.807, 2.05) is 0 Å². The topological polar surface area (TPSA) is 66.8 Å². The minimum absolute atomic E-state index is 0.0867. The van der Waals surface area contributed by atoms with Crippen LogP contribution in [-0.4, -0.2) is 41.1 Å². The molecule has 21 heavy (non-hydrogen) atoms. The van der Waals surface area contributed by atoms with Crippen LogP contribution >= 0.6 is 15.9 Å². The number of nitrogens with zero attached hydrogens (tertiary/aromatic N) is 1. The van der Waals surface area contributed by atoms with Crippen LogP contribution in [0.3, 0.4) is 0 Å². The maximum absolute atomic E-state index is 12.6. The van der Waals surface area contributed by atoms with E-state index in [0.717, 1.165) is 12.8 Å². The van der Waals surface area contributed by atoms with Crippen molar-refractivity contribution in [3.05, 3.63) is 28.2 Å². The molecule has 0 spiro atoms. The molecule has 5 nitrogen and oxygen atoms in total. The average molecular weight is 356 g/mol. The smallest absolute Gasteiger partial charge is 0.328 e. The zero-order valence-electron chi connectivity index (χ0n) is 11.8. The molecular weight excluding hydrogens is 338 g/mol. The first-order valence-corrected chi connectivity index (χ1v) is 7.80. The molecule has 1 aromatic rings. The third-order valence-electron chi connectivity index (χ3n) is 3.51. The van der Waals surface area contributed by atoms with Crippen LogP contribution in [0, 0.1) is 0 Å². The Morgan fingerprint density at radius 3 is 2.90 bits per heavy atom. The van der Waals surface area contributed by atoms with Crippen molar-refractivity contribution in [1.82, 2.24) is 4.90 Å². The van der Waals surface area contributed by atoms with E-state index in [0.29, 0.717) is 24.0 Å². The van der Waals surface area contributed by atoms with Gasteiger partial charge in [0.05, 0.1) is 12.2 Å². The van der Waals surface area contributed by atoms with E-state index in [4.69, 9.17) is 4.74 Å². The molecule has 0 bridgehead atoms. The number of esters is 1. The molecule has 1 fully saturated rings. The molecule has 1 amide bonds. The van der Waals surface area contributed by atoms with E-state index in [-0.39, 0.29) is 23.2 Å². The van der Waals surface area contributed by atoms with Crippen molar-refractivity contribution in [3.63, 3.8) is 0 Å². The van der Waals surface area contributed by atoms with Crippen molar-refractivity contribution >= 4 is 27.8 Å². The Morgan fingerprint density at radius 1 is 1.43 bits per heavy atom. The number of phenols is 1. The molecule has 0 radical (unpaired) electrons. The van der Waals surface area contributed by atoms with Crippen LogP contribution < -0.4 is 0 Å². The lowest BCUT2D eigenvalue weighted by atomic mass is 10.0. The lowest BCUT2D eigenvalue weighted by Gasteiger charge is -2.34. The van der Waals surface area contributed by atoms with Gasteiger partial charge in [-0.2, -0.15) is 0 Å². The molecule has 0 aromatic heterocycles. The Hall–Kier alpha value is -1.56. The minimum atomic E-state index is -0.565. The number of phenolic OH excluding ortho intramolecular Hbond substituents is 1. The van der Waals surface area contributed by atoms with Gasteiger partial charge >= 0.3 is 5.97 Å². The number of carbonyl (C=O) groups is 2. The number of hydrogen-bond donors (Lipinski definition) is 1. The fraction of sp³-hybridized carbons (Fsp3) is 0.467. The number of aromatic hydroxyl groups is 1. The Labute approximate surface area is 132 Å². The van der Waals surface area contributed by atoms with Crippen molar-refractivity contribution in [1.29, 1.82) is 0 Å². The lowest BCUT2D eigenvalue weighted by Crippen LogP contribution is -2.48. The number of ether oxygens (including phenoxy) is 1. The summed E-state index contributed by atoms with van der Waals surface area (Å²) in [6.45, 7) is 2.53. The van der Waals surface area contributed by atoms with E-state index in [1.54, 1.807) is 19.1 Å². The summed E-state index contributed by atoms with van der Waals surface area (Å²) >= 11 is 3.28. The summed E-state index contributed by atoms with van der Waals surface area (Å²) in [6, 6.07) is 4.12. The predicted molar refractivity (Wildman–Crippen MR) is 81.1 cm³/mol. The Balaban J connectivity index is 2.26. The molecule has 1 atom stereocenters. The maximum Gasteiger partial charge on any atom is 0.328 e. The molecule has 0 aliphatic carbocycles. The molecule has 2 rings (SSSR count). The minimum Gasteiger partial charge on any atom is -0.507 e. The molecule has 114 valence electrons. The van der Waals surface area contributed by atoms with Gasteiger partial charge in [0.15, 0.2) is 0 Å². The molecule has 1 aliphatic heterocycles. The van der Waals surface area contributed by atoms with Crippen molar-refractivity contribution in [2.75, 3.05) is 13.2 Å². The van der Waals surface area contributed by atoms with Crippen molar-refractivity contribution in [3.8, 4) is 5.75 Å². The molecule has 0 saturated carbocycles. The Bertz CT molecular complexity index is 546. The standard InChI is InChI=1S/C15H18BrNO4/c1-2-21-15(20)12-5-3-4-8-17(12)14(19)11-9-10(16)6-7-13(11)18/h6-7,9,12,18H,2-5,8H2,1H3. The van der Waals surface area contributed by atoms with Crippen molar-refractivity contribution < 1.29 is 19.4 Å². The van der Waals surface area contributed by atoms with Gasteiger partial charge in [0, 0.05) is 11.0 Å². The fourth-order valence-electron chi connectivity index (χ4n) is 2.49. The van der Waals surface area contributed by atoms with E-state index in [1.165, 1.54) is 11.0 Å². The second-order valence-electron chi connectivity index (χ2n) is 4.92. The molecule has 1 aromatic carbocycles. The first kappa shape index (κ1) is 15.8. The Morgan fingerprint density at radius 2 is 2.19 bits per heavy atom. The number of carbonyl (C=O) groups excluding carboxylic acids is 2. The zero-order chi connectivity index (χ0) is 15.4. The number of amides is 1. The van der Waals surface area contributed by atoms with Gasteiger partial charge < -0.3 is 14.7 Å². The van der Waals surface area contributed by atoms with E-state index < -0.39 is 6.04 Å².